The lowest BCUT2D eigenvalue weighted by atomic mass is 10.1. The van der Waals surface area contributed by atoms with Crippen molar-refractivity contribution in [3.63, 3.8) is 0 Å². The molecule has 1 amide bonds. The predicted molar refractivity (Wildman–Crippen MR) is 124 cm³/mol. The van der Waals surface area contributed by atoms with E-state index < -0.39 is 0 Å². The lowest BCUT2D eigenvalue weighted by molar-refractivity contribution is -0.113. The highest BCUT2D eigenvalue weighted by atomic mass is 32.2. The van der Waals surface area contributed by atoms with Gasteiger partial charge in [-0.1, -0.05) is 42.8 Å². The van der Waals surface area contributed by atoms with Gasteiger partial charge in [0, 0.05) is 11.4 Å². The average Bonchev–Trinajstić information content (AvgIpc) is 2.71. The van der Waals surface area contributed by atoms with E-state index in [-0.39, 0.29) is 11.9 Å². The third-order valence-corrected chi connectivity index (χ3v) is 5.40. The number of nitrogens with zero attached hydrogens (tertiary/aromatic N) is 3. The van der Waals surface area contributed by atoms with Gasteiger partial charge >= 0.3 is 0 Å². The van der Waals surface area contributed by atoms with E-state index in [1.54, 1.807) is 0 Å². The molecule has 2 aromatic carbocycles. The van der Waals surface area contributed by atoms with Crippen molar-refractivity contribution in [3.05, 3.63) is 65.0 Å². The molecule has 0 radical (unpaired) electrons. The molecule has 156 valence electrons. The zero-order chi connectivity index (χ0) is 21.5. The molecule has 1 aromatic heterocycles. The van der Waals surface area contributed by atoms with E-state index in [9.17, 15) is 4.79 Å². The number of aromatic nitrogens is 3. The molecule has 1 heterocycles. The van der Waals surface area contributed by atoms with E-state index in [2.05, 4.69) is 32.5 Å². The Hall–Kier alpha value is -3.13. The van der Waals surface area contributed by atoms with Crippen LogP contribution in [0.1, 0.15) is 29.4 Å². The Morgan fingerprint density at radius 2 is 1.83 bits per heavy atom. The quantitative estimate of drug-likeness (QED) is 0.498. The molecule has 3 rings (SSSR count). The van der Waals surface area contributed by atoms with Crippen molar-refractivity contribution in [1.82, 2.24) is 15.0 Å². The lowest BCUT2D eigenvalue weighted by Gasteiger charge is -2.12. The maximum atomic E-state index is 12.4. The molecule has 0 saturated heterocycles. The van der Waals surface area contributed by atoms with Crippen molar-refractivity contribution < 1.29 is 4.79 Å². The number of rotatable bonds is 8. The molecule has 0 atom stereocenters. The minimum Gasteiger partial charge on any atom is -0.368 e. The second-order valence-electron chi connectivity index (χ2n) is 6.93. The molecule has 3 aromatic rings. The van der Waals surface area contributed by atoms with Crippen molar-refractivity contribution in [2.75, 3.05) is 22.1 Å². The third kappa shape index (κ3) is 5.93. The topological polar surface area (TPSA) is 106 Å². The van der Waals surface area contributed by atoms with Gasteiger partial charge in [0.15, 0.2) is 0 Å². The maximum absolute atomic E-state index is 12.4. The van der Waals surface area contributed by atoms with Crippen LogP contribution in [0, 0.1) is 13.8 Å². The number of aryl methyl sites for hydroxylation is 3. The summed E-state index contributed by atoms with van der Waals surface area (Å²) in [6.45, 7) is 6.10. The summed E-state index contributed by atoms with van der Waals surface area (Å²) in [4.78, 5) is 25.1. The van der Waals surface area contributed by atoms with Crippen LogP contribution in [0.3, 0.4) is 0 Å². The normalized spacial score (nSPS) is 10.6. The van der Waals surface area contributed by atoms with Crippen LogP contribution >= 0.6 is 11.8 Å². The van der Waals surface area contributed by atoms with Gasteiger partial charge in [0.1, 0.15) is 5.82 Å². The van der Waals surface area contributed by atoms with Gasteiger partial charge in [-0.2, -0.15) is 15.0 Å². The second-order valence-corrected chi connectivity index (χ2v) is 7.91. The van der Waals surface area contributed by atoms with E-state index in [1.807, 2.05) is 56.3 Å². The number of hydrogen-bond acceptors (Lipinski definition) is 7. The number of carbonyl (C=O) groups is 1. The van der Waals surface area contributed by atoms with E-state index >= 15 is 0 Å². The molecular formula is C22H26N6OS. The lowest BCUT2D eigenvalue weighted by Crippen LogP contribution is -2.16. The van der Waals surface area contributed by atoms with Crippen LogP contribution in [0.4, 0.5) is 23.3 Å². The minimum absolute atomic E-state index is 0.0518. The fourth-order valence-corrected chi connectivity index (χ4v) is 3.61. The van der Waals surface area contributed by atoms with Crippen LogP contribution in [0.5, 0.6) is 0 Å². The first-order valence-electron chi connectivity index (χ1n) is 9.74. The number of thioether (sulfide) groups is 1. The number of carbonyl (C=O) groups excluding carboxylic acids is 1. The number of nitrogens with one attached hydrogen (secondary N) is 2. The smallest absolute Gasteiger partial charge is 0.234 e. The highest BCUT2D eigenvalue weighted by Gasteiger charge is 2.10. The first-order chi connectivity index (χ1) is 14.4. The highest BCUT2D eigenvalue weighted by molar-refractivity contribution is 7.99. The predicted octanol–water partition coefficient (Wildman–Crippen LogP) is 4.25. The van der Waals surface area contributed by atoms with Crippen molar-refractivity contribution in [2.45, 2.75) is 32.9 Å². The second kappa shape index (κ2) is 10.1. The van der Waals surface area contributed by atoms with E-state index in [0.717, 1.165) is 28.9 Å². The van der Waals surface area contributed by atoms with Gasteiger partial charge < -0.3 is 16.4 Å². The standard InChI is InChI=1S/C22H26N6OS/c1-4-16-7-5-6-15(3)20(16)27-19(29)13-30-12-18-25-21(23)28-22(26-18)24-17-10-8-14(2)9-11-17/h5-11H,4,12-13H2,1-3H3,(H,27,29)(H3,23,24,25,26,28). The summed E-state index contributed by atoms with van der Waals surface area (Å²) < 4.78 is 0. The van der Waals surface area contributed by atoms with Gasteiger partial charge in [-0.25, -0.2) is 0 Å². The Bertz CT molecular complexity index is 1020. The fourth-order valence-electron chi connectivity index (χ4n) is 2.94. The minimum atomic E-state index is -0.0518. The Kier molecular flexibility index (Phi) is 7.24. The molecule has 8 heteroatoms. The van der Waals surface area contributed by atoms with Gasteiger partial charge in [-0.3, -0.25) is 4.79 Å². The number of para-hydroxylation sites is 1. The molecule has 0 unspecified atom stereocenters. The summed E-state index contributed by atoms with van der Waals surface area (Å²) in [5.74, 6) is 1.76. The van der Waals surface area contributed by atoms with Gasteiger partial charge in [0.25, 0.3) is 0 Å². The Morgan fingerprint density at radius 1 is 1.07 bits per heavy atom. The molecular weight excluding hydrogens is 396 g/mol. The Balaban J connectivity index is 1.57. The molecule has 0 saturated carbocycles. The summed E-state index contributed by atoms with van der Waals surface area (Å²) in [5.41, 5.74) is 11.0. The van der Waals surface area contributed by atoms with Crippen LogP contribution in [0.25, 0.3) is 0 Å². The first-order valence-corrected chi connectivity index (χ1v) is 10.9. The van der Waals surface area contributed by atoms with Crippen LogP contribution < -0.4 is 16.4 Å². The molecule has 7 nitrogen and oxygen atoms in total. The number of hydrogen-bond donors (Lipinski definition) is 3. The van der Waals surface area contributed by atoms with Gasteiger partial charge in [-0.15, -0.1) is 11.8 Å². The summed E-state index contributed by atoms with van der Waals surface area (Å²) in [6, 6.07) is 13.9. The number of nitrogens with two attached hydrogens (primary N) is 1. The van der Waals surface area contributed by atoms with Crippen LogP contribution in [-0.4, -0.2) is 26.6 Å². The average molecular weight is 423 g/mol. The van der Waals surface area contributed by atoms with E-state index in [1.165, 1.54) is 17.3 Å². The van der Waals surface area contributed by atoms with Crippen LogP contribution in [0.2, 0.25) is 0 Å². The summed E-state index contributed by atoms with van der Waals surface area (Å²) in [6.07, 6.45) is 0.866. The van der Waals surface area contributed by atoms with Crippen LogP contribution in [0.15, 0.2) is 42.5 Å². The number of nitrogen functional groups attached to an aromatic ring is 1. The summed E-state index contributed by atoms with van der Waals surface area (Å²) in [7, 11) is 0. The Labute approximate surface area is 180 Å². The van der Waals surface area contributed by atoms with E-state index in [4.69, 9.17) is 5.73 Å². The zero-order valence-electron chi connectivity index (χ0n) is 17.4. The Morgan fingerprint density at radius 3 is 2.57 bits per heavy atom. The molecule has 0 bridgehead atoms. The highest BCUT2D eigenvalue weighted by Crippen LogP contribution is 2.22. The van der Waals surface area contributed by atoms with Crippen molar-refractivity contribution >= 4 is 40.9 Å². The molecule has 0 aliphatic carbocycles. The van der Waals surface area contributed by atoms with Gasteiger partial charge in [0.2, 0.25) is 17.8 Å². The number of anilines is 4. The van der Waals surface area contributed by atoms with E-state index in [0.29, 0.717) is 23.3 Å². The molecule has 0 aliphatic rings. The first kappa shape index (κ1) is 21.6. The summed E-state index contributed by atoms with van der Waals surface area (Å²) >= 11 is 1.43. The zero-order valence-corrected chi connectivity index (χ0v) is 18.2. The molecule has 4 N–H and O–H groups in total. The summed E-state index contributed by atoms with van der Waals surface area (Å²) in [5, 5.41) is 6.16. The number of benzene rings is 2. The monoisotopic (exact) mass is 422 g/mol. The van der Waals surface area contributed by atoms with Crippen LogP contribution in [-0.2, 0) is 17.0 Å². The maximum Gasteiger partial charge on any atom is 0.234 e. The largest absolute Gasteiger partial charge is 0.368 e. The van der Waals surface area contributed by atoms with Gasteiger partial charge in [0.05, 0.1) is 11.5 Å². The van der Waals surface area contributed by atoms with Crippen molar-refractivity contribution in [3.8, 4) is 0 Å². The fraction of sp³-hybridized carbons (Fsp3) is 0.273. The molecule has 30 heavy (non-hydrogen) atoms. The number of amides is 1. The van der Waals surface area contributed by atoms with Crippen molar-refractivity contribution in [1.29, 1.82) is 0 Å². The molecule has 0 aliphatic heterocycles. The SMILES string of the molecule is CCc1cccc(C)c1NC(=O)CSCc1nc(N)nc(Nc2ccc(C)cc2)n1. The molecule has 0 fully saturated rings. The van der Waals surface area contributed by atoms with Gasteiger partial charge in [-0.05, 0) is 43.5 Å². The van der Waals surface area contributed by atoms with Crippen molar-refractivity contribution in [2.24, 2.45) is 0 Å². The third-order valence-electron chi connectivity index (χ3n) is 4.48. The molecule has 0 spiro atoms.